The molecule has 0 aliphatic carbocycles. The van der Waals surface area contributed by atoms with Crippen LogP contribution in [0.1, 0.15) is 29.5 Å². The lowest BCUT2D eigenvalue weighted by Crippen LogP contribution is -2.59. The number of carbonyl (C=O) groups is 3. The minimum absolute atomic E-state index is 0.0213. The highest BCUT2D eigenvalue weighted by Gasteiger charge is 2.64. The number of anilines is 1. The van der Waals surface area contributed by atoms with Crippen molar-refractivity contribution in [2.24, 2.45) is 0 Å². The van der Waals surface area contributed by atoms with E-state index in [2.05, 4.69) is 4.74 Å². The molecule has 1 N–H and O–H groups in total. The zero-order chi connectivity index (χ0) is 38.3. The summed E-state index contributed by atoms with van der Waals surface area (Å²) in [5.74, 6) is -4.02. The highest BCUT2D eigenvalue weighted by molar-refractivity contribution is 7.93. The van der Waals surface area contributed by atoms with E-state index in [1.54, 1.807) is 25.1 Å². The normalized spacial score (nSPS) is 20.5. The number of hydrogen-bond donors (Lipinski definition) is 1. The third-order valence-electron chi connectivity index (χ3n) is 8.79. The molecule has 3 atom stereocenters. The van der Waals surface area contributed by atoms with E-state index < -0.39 is 62.5 Å². The zero-order valence-corrected chi connectivity index (χ0v) is 30.1. The number of benzene rings is 3. The number of hydrogen-bond acceptors (Lipinski definition) is 10. The van der Waals surface area contributed by atoms with Crippen molar-refractivity contribution < 1.29 is 60.0 Å². The molecular weight excluding hydrogens is 735 g/mol. The van der Waals surface area contributed by atoms with Crippen LogP contribution >= 0.6 is 11.6 Å². The summed E-state index contributed by atoms with van der Waals surface area (Å²) >= 11 is 6.54. The lowest BCUT2D eigenvalue weighted by Gasteiger charge is -2.42. The quantitative estimate of drug-likeness (QED) is 0.276. The Morgan fingerprint density at radius 1 is 1.02 bits per heavy atom. The van der Waals surface area contributed by atoms with Crippen LogP contribution < -0.4 is 18.5 Å². The van der Waals surface area contributed by atoms with Crippen molar-refractivity contribution in [2.45, 2.75) is 48.7 Å². The Morgan fingerprint density at radius 2 is 1.73 bits per heavy atom. The van der Waals surface area contributed by atoms with Crippen LogP contribution in [0.5, 0.6) is 17.2 Å². The average Bonchev–Trinajstić information content (AvgIpc) is 3.59. The third-order valence-corrected chi connectivity index (χ3v) is 10.8. The number of likely N-dealkylation sites (N-methyl/N-ethyl adjacent to an activating group) is 1. The Bertz CT molecular complexity index is 2010. The molecule has 0 saturated carbocycles. The summed E-state index contributed by atoms with van der Waals surface area (Å²) in [6.45, 7) is 1.29. The fourth-order valence-electron chi connectivity index (χ4n) is 6.65. The Kier molecular flexibility index (Phi) is 10.7. The Labute approximate surface area is 302 Å². The number of aliphatic carboxylic acids is 1. The summed E-state index contributed by atoms with van der Waals surface area (Å²) in [7, 11) is 0.199. The number of fused-ring (bicyclic) bond motifs is 1. The topological polar surface area (TPSA) is 152 Å². The summed E-state index contributed by atoms with van der Waals surface area (Å²) in [6, 6.07) is 10.2. The van der Waals surface area contributed by atoms with Crippen molar-refractivity contribution in [1.82, 2.24) is 9.80 Å². The molecule has 2 amide bonds. The number of likely N-dealkylation sites (tertiary alicyclic amines) is 1. The van der Waals surface area contributed by atoms with E-state index in [4.69, 9.17) is 25.8 Å². The highest BCUT2D eigenvalue weighted by atomic mass is 35.5. The van der Waals surface area contributed by atoms with Gasteiger partial charge in [-0.3, -0.25) is 19.3 Å². The molecule has 0 radical (unpaired) electrons. The first-order valence-corrected chi connectivity index (χ1v) is 17.5. The largest absolute Gasteiger partial charge is 0.573 e. The fraction of sp³-hybridized carbons (Fsp3) is 0.382. The first kappa shape index (κ1) is 38.6. The smallest absolute Gasteiger partial charge is 0.497 e. The van der Waals surface area contributed by atoms with Gasteiger partial charge in [0, 0.05) is 42.9 Å². The first-order chi connectivity index (χ1) is 24.4. The molecule has 2 aliphatic rings. The highest BCUT2D eigenvalue weighted by Crippen LogP contribution is 2.55. The van der Waals surface area contributed by atoms with Gasteiger partial charge in [0.25, 0.3) is 15.9 Å². The number of halogens is 4. The number of amides is 2. The molecule has 1 saturated heterocycles. The van der Waals surface area contributed by atoms with Gasteiger partial charge in [0.15, 0.2) is 11.3 Å². The number of carboxylic acids is 1. The van der Waals surface area contributed by atoms with Crippen LogP contribution in [0.25, 0.3) is 0 Å². The molecule has 18 heteroatoms. The molecule has 13 nitrogen and oxygen atoms in total. The summed E-state index contributed by atoms with van der Waals surface area (Å²) in [5, 5.41) is 9.28. The summed E-state index contributed by atoms with van der Waals surface area (Å²) in [5.41, 5.74) is -1.81. The number of aryl methyl sites for hydroxylation is 1. The molecule has 1 fully saturated rings. The average molecular weight is 770 g/mol. The van der Waals surface area contributed by atoms with Crippen LogP contribution in [0.3, 0.4) is 0 Å². The molecule has 0 spiro atoms. The molecule has 1 unspecified atom stereocenters. The van der Waals surface area contributed by atoms with E-state index >= 15 is 4.79 Å². The van der Waals surface area contributed by atoms with E-state index in [1.807, 2.05) is 0 Å². The van der Waals surface area contributed by atoms with Gasteiger partial charge in [-0.15, -0.1) is 13.2 Å². The molecule has 3 aromatic rings. The molecule has 5 rings (SSSR count). The number of sulfonamides is 1. The lowest BCUT2D eigenvalue weighted by atomic mass is 9.80. The monoisotopic (exact) mass is 769 g/mol. The van der Waals surface area contributed by atoms with Gasteiger partial charge in [-0.25, -0.2) is 12.7 Å². The summed E-state index contributed by atoms with van der Waals surface area (Å²) in [6.07, 6.45) is -6.55. The predicted octanol–water partition coefficient (Wildman–Crippen LogP) is 4.57. The number of nitrogens with zero attached hydrogens (tertiary/aromatic N) is 3. The Balaban J connectivity index is 1.84. The summed E-state index contributed by atoms with van der Waals surface area (Å²) in [4.78, 5) is 42.5. The fourth-order valence-corrected chi connectivity index (χ4v) is 8.38. The lowest BCUT2D eigenvalue weighted by molar-refractivity contribution is -0.275. The van der Waals surface area contributed by atoms with Crippen LogP contribution in [-0.4, -0.2) is 101 Å². The van der Waals surface area contributed by atoms with Crippen LogP contribution in [0, 0.1) is 6.92 Å². The van der Waals surface area contributed by atoms with Crippen molar-refractivity contribution in [2.75, 3.05) is 45.8 Å². The molecule has 0 bridgehead atoms. The van der Waals surface area contributed by atoms with Crippen molar-refractivity contribution in [1.29, 1.82) is 0 Å². The molecule has 3 aromatic carbocycles. The maximum Gasteiger partial charge on any atom is 0.573 e. The molecule has 0 aromatic heterocycles. The molecule has 2 heterocycles. The maximum absolute atomic E-state index is 15.5. The molecular formula is C34H35ClF3N3O10S. The van der Waals surface area contributed by atoms with E-state index in [-0.39, 0.29) is 59.3 Å². The number of carbonyl (C=O) groups excluding carboxylic acids is 2. The van der Waals surface area contributed by atoms with E-state index in [9.17, 15) is 36.3 Å². The van der Waals surface area contributed by atoms with Gasteiger partial charge in [-0.2, -0.15) is 0 Å². The first-order valence-electron chi connectivity index (χ1n) is 15.7. The van der Waals surface area contributed by atoms with Crippen LogP contribution in [-0.2, 0) is 34.7 Å². The summed E-state index contributed by atoms with van der Waals surface area (Å²) < 4.78 is 91.6. The van der Waals surface area contributed by atoms with Gasteiger partial charge < -0.3 is 29.0 Å². The Morgan fingerprint density at radius 3 is 2.35 bits per heavy atom. The molecule has 2 aliphatic heterocycles. The van der Waals surface area contributed by atoms with E-state index in [1.165, 1.54) is 49.2 Å². The second-order valence-corrected chi connectivity index (χ2v) is 14.5. The predicted molar refractivity (Wildman–Crippen MR) is 180 cm³/mol. The number of carboxylic acid groups (broad SMARTS) is 1. The maximum atomic E-state index is 15.5. The van der Waals surface area contributed by atoms with Crippen molar-refractivity contribution in [3.63, 3.8) is 0 Å². The molecule has 52 heavy (non-hydrogen) atoms. The second-order valence-electron chi connectivity index (χ2n) is 12.3. The van der Waals surface area contributed by atoms with Gasteiger partial charge in [0.1, 0.15) is 16.4 Å². The van der Waals surface area contributed by atoms with Crippen molar-refractivity contribution in [3.05, 3.63) is 76.3 Å². The molecule has 280 valence electrons. The van der Waals surface area contributed by atoms with Gasteiger partial charge in [0.05, 0.1) is 45.1 Å². The third kappa shape index (κ3) is 6.97. The van der Waals surface area contributed by atoms with Crippen LogP contribution in [0.2, 0.25) is 5.02 Å². The minimum atomic E-state index is -5.33. The SMILES string of the molecule is COc1ccc(S(=O)(=O)N2C(=O)C(c3cc(C)ccc3OC)(N3C[C@H](OCCC(=O)O)C[C@H]3C(=O)N(C)C)c3cc(Cl)ccc32)c(OC(F)(F)F)c1. The number of rotatable bonds is 12. The second kappa shape index (κ2) is 14.4. The number of ether oxygens (including phenoxy) is 4. The number of methoxy groups -OCH3 is 2. The number of alkyl halides is 3. The van der Waals surface area contributed by atoms with E-state index in [0.29, 0.717) is 9.87 Å². The van der Waals surface area contributed by atoms with Crippen LogP contribution in [0.15, 0.2) is 59.5 Å². The van der Waals surface area contributed by atoms with Crippen molar-refractivity contribution >= 4 is 45.1 Å². The van der Waals surface area contributed by atoms with Gasteiger partial charge in [0.2, 0.25) is 5.91 Å². The van der Waals surface area contributed by atoms with Crippen molar-refractivity contribution in [3.8, 4) is 17.2 Å². The minimum Gasteiger partial charge on any atom is -0.497 e. The van der Waals surface area contributed by atoms with Gasteiger partial charge in [-0.05, 0) is 55.8 Å². The van der Waals surface area contributed by atoms with E-state index in [0.717, 1.165) is 25.3 Å². The zero-order valence-electron chi connectivity index (χ0n) is 28.6. The van der Waals surface area contributed by atoms with Crippen LogP contribution in [0.4, 0.5) is 18.9 Å². The van der Waals surface area contributed by atoms with Gasteiger partial charge in [-0.1, -0.05) is 23.2 Å². The standard InChI is InChI=1S/C34H35ClF3N3O10S/c1-19-6-10-27(49-5)24(14-19)33(40-18-22(50-13-12-30(42)43)16-26(40)31(44)39(2)3)23-15-20(35)7-9-25(23)41(32(33)45)52(46,47)29-11-8-21(48-4)17-28(29)51-34(36,37)38/h6-11,14-15,17,22,26H,12-13,16,18H2,1-5H3,(H,42,43)/t22-,26+,33?/m1/s1. The Hall–Kier alpha value is -4.58. The van der Waals surface area contributed by atoms with Gasteiger partial charge >= 0.3 is 12.3 Å².